The monoisotopic (exact) mass is 380 g/mol. The summed E-state index contributed by atoms with van der Waals surface area (Å²) in [5.41, 5.74) is 0.716. The third kappa shape index (κ3) is 3.61. The molecule has 1 aliphatic heterocycles. The number of hydrogen-bond donors (Lipinski definition) is 1. The summed E-state index contributed by atoms with van der Waals surface area (Å²) in [6, 6.07) is 7.87. The summed E-state index contributed by atoms with van der Waals surface area (Å²) in [7, 11) is -3.93. The minimum absolute atomic E-state index is 0.0695. The minimum Gasteiger partial charge on any atom is -0.325 e. The number of sulfonamides is 1. The SMILES string of the molecule is Cc1ccc(NC(=O)C2CCCN2S(=O)(=O)c2ccc(F)cc2)cc1F. The molecular formula is C18H18F2N2O3S. The largest absolute Gasteiger partial charge is 0.325 e. The first-order valence-corrected chi connectivity index (χ1v) is 9.57. The zero-order valence-electron chi connectivity index (χ0n) is 14.1. The van der Waals surface area contributed by atoms with Crippen LogP contribution in [-0.2, 0) is 14.8 Å². The van der Waals surface area contributed by atoms with Crippen molar-refractivity contribution in [3.8, 4) is 0 Å². The highest BCUT2D eigenvalue weighted by molar-refractivity contribution is 7.89. The molecule has 1 saturated heterocycles. The molecule has 1 aliphatic rings. The van der Waals surface area contributed by atoms with E-state index in [1.54, 1.807) is 13.0 Å². The first-order chi connectivity index (χ1) is 12.3. The Labute approximate surface area is 150 Å². The highest BCUT2D eigenvalue weighted by Crippen LogP contribution is 2.27. The molecule has 0 spiro atoms. The van der Waals surface area contributed by atoms with Crippen LogP contribution in [0.15, 0.2) is 47.4 Å². The highest BCUT2D eigenvalue weighted by Gasteiger charge is 2.39. The molecule has 1 amide bonds. The molecule has 0 aromatic heterocycles. The number of halogens is 2. The Morgan fingerprint density at radius 1 is 1.15 bits per heavy atom. The van der Waals surface area contributed by atoms with E-state index in [2.05, 4.69) is 5.32 Å². The summed E-state index contributed by atoms with van der Waals surface area (Å²) in [6.45, 7) is 1.80. The van der Waals surface area contributed by atoms with Crippen LogP contribution in [0.4, 0.5) is 14.5 Å². The van der Waals surface area contributed by atoms with Crippen LogP contribution in [0, 0.1) is 18.6 Å². The summed E-state index contributed by atoms with van der Waals surface area (Å²) in [4.78, 5) is 12.5. The first kappa shape index (κ1) is 18.5. The molecule has 2 aromatic rings. The average Bonchev–Trinajstić information content (AvgIpc) is 3.09. The van der Waals surface area contributed by atoms with Crippen molar-refractivity contribution in [2.24, 2.45) is 0 Å². The van der Waals surface area contributed by atoms with Gasteiger partial charge in [0.1, 0.15) is 17.7 Å². The molecule has 1 N–H and O–H groups in total. The average molecular weight is 380 g/mol. The number of carbonyl (C=O) groups excluding carboxylic acids is 1. The summed E-state index contributed by atoms with van der Waals surface area (Å²) in [5, 5.41) is 2.57. The van der Waals surface area contributed by atoms with E-state index in [1.165, 1.54) is 24.3 Å². The topological polar surface area (TPSA) is 66.5 Å². The summed E-state index contributed by atoms with van der Waals surface area (Å²) in [6.07, 6.45) is 0.890. The molecule has 1 atom stereocenters. The van der Waals surface area contributed by atoms with Crippen molar-refractivity contribution in [1.29, 1.82) is 0 Å². The molecule has 0 radical (unpaired) electrons. The number of amides is 1. The van der Waals surface area contributed by atoms with Crippen molar-refractivity contribution < 1.29 is 22.0 Å². The lowest BCUT2D eigenvalue weighted by molar-refractivity contribution is -0.119. The van der Waals surface area contributed by atoms with Crippen molar-refractivity contribution in [2.45, 2.75) is 30.7 Å². The van der Waals surface area contributed by atoms with Crippen LogP contribution >= 0.6 is 0 Å². The van der Waals surface area contributed by atoms with Gasteiger partial charge in [0.25, 0.3) is 0 Å². The Morgan fingerprint density at radius 3 is 2.50 bits per heavy atom. The second kappa shape index (κ2) is 7.13. The lowest BCUT2D eigenvalue weighted by Gasteiger charge is -2.23. The van der Waals surface area contributed by atoms with E-state index in [4.69, 9.17) is 0 Å². The first-order valence-electron chi connectivity index (χ1n) is 8.13. The number of rotatable bonds is 4. The maximum atomic E-state index is 13.6. The number of benzene rings is 2. The van der Waals surface area contributed by atoms with Crippen molar-refractivity contribution >= 4 is 21.6 Å². The van der Waals surface area contributed by atoms with Gasteiger partial charge in [-0.25, -0.2) is 17.2 Å². The van der Waals surface area contributed by atoms with Crippen molar-refractivity contribution in [2.75, 3.05) is 11.9 Å². The van der Waals surface area contributed by atoms with Crippen LogP contribution in [0.25, 0.3) is 0 Å². The van der Waals surface area contributed by atoms with Crippen LogP contribution in [0.3, 0.4) is 0 Å². The standard InChI is InChI=1S/C18H18F2N2O3S/c1-12-4-7-14(11-16(12)20)21-18(23)17-3-2-10-22(17)26(24,25)15-8-5-13(19)6-9-15/h4-9,11,17H,2-3,10H2,1H3,(H,21,23). The van der Waals surface area contributed by atoms with Crippen molar-refractivity contribution in [3.63, 3.8) is 0 Å². The van der Waals surface area contributed by atoms with Crippen LogP contribution < -0.4 is 5.32 Å². The molecule has 0 bridgehead atoms. The second-order valence-electron chi connectivity index (χ2n) is 6.18. The number of hydrogen-bond acceptors (Lipinski definition) is 3. The molecule has 2 aromatic carbocycles. The molecule has 0 aliphatic carbocycles. The van der Waals surface area contributed by atoms with E-state index in [0.717, 1.165) is 16.4 Å². The zero-order valence-corrected chi connectivity index (χ0v) is 14.9. The van der Waals surface area contributed by atoms with Gasteiger partial charge in [0.2, 0.25) is 15.9 Å². The molecule has 26 heavy (non-hydrogen) atoms. The van der Waals surface area contributed by atoms with E-state index in [-0.39, 0.29) is 17.1 Å². The Kier molecular flexibility index (Phi) is 5.06. The molecule has 3 rings (SSSR count). The number of carbonyl (C=O) groups is 1. The summed E-state index contributed by atoms with van der Waals surface area (Å²) >= 11 is 0. The van der Waals surface area contributed by atoms with Gasteiger partial charge in [0.05, 0.1) is 4.90 Å². The third-order valence-corrected chi connectivity index (χ3v) is 6.29. The lowest BCUT2D eigenvalue weighted by atomic mass is 10.2. The van der Waals surface area contributed by atoms with Gasteiger partial charge in [-0.3, -0.25) is 4.79 Å². The minimum atomic E-state index is -3.93. The van der Waals surface area contributed by atoms with Crippen LogP contribution in [0.5, 0.6) is 0 Å². The molecule has 1 heterocycles. The Bertz CT molecular complexity index is 930. The fourth-order valence-electron chi connectivity index (χ4n) is 2.93. The fraction of sp³-hybridized carbons (Fsp3) is 0.278. The van der Waals surface area contributed by atoms with E-state index >= 15 is 0 Å². The number of nitrogens with one attached hydrogen (secondary N) is 1. The van der Waals surface area contributed by atoms with E-state index in [9.17, 15) is 22.0 Å². The van der Waals surface area contributed by atoms with E-state index in [1.807, 2.05) is 0 Å². The highest BCUT2D eigenvalue weighted by atomic mass is 32.2. The maximum Gasteiger partial charge on any atom is 0.243 e. The van der Waals surface area contributed by atoms with Crippen LogP contribution in [-0.4, -0.2) is 31.2 Å². The molecule has 1 fully saturated rings. The quantitative estimate of drug-likeness (QED) is 0.887. The Balaban J connectivity index is 1.81. The smallest absolute Gasteiger partial charge is 0.243 e. The van der Waals surface area contributed by atoms with Gasteiger partial charge in [0, 0.05) is 12.2 Å². The van der Waals surface area contributed by atoms with E-state index in [0.29, 0.717) is 18.4 Å². The Hall–Kier alpha value is -2.32. The fourth-order valence-corrected chi connectivity index (χ4v) is 4.58. The normalized spacial score (nSPS) is 18.0. The zero-order chi connectivity index (χ0) is 18.9. The predicted molar refractivity (Wildman–Crippen MR) is 93.1 cm³/mol. The molecule has 5 nitrogen and oxygen atoms in total. The van der Waals surface area contributed by atoms with Crippen molar-refractivity contribution in [3.05, 3.63) is 59.7 Å². The van der Waals surface area contributed by atoms with Crippen LogP contribution in [0.1, 0.15) is 18.4 Å². The third-order valence-electron chi connectivity index (χ3n) is 4.37. The van der Waals surface area contributed by atoms with Crippen LogP contribution in [0.2, 0.25) is 0 Å². The molecule has 138 valence electrons. The summed E-state index contributed by atoms with van der Waals surface area (Å²) < 4.78 is 53.4. The van der Waals surface area contributed by atoms with Gasteiger partial charge in [-0.2, -0.15) is 4.31 Å². The molecule has 1 unspecified atom stereocenters. The number of nitrogens with zero attached hydrogens (tertiary/aromatic N) is 1. The maximum absolute atomic E-state index is 13.6. The molecular weight excluding hydrogens is 362 g/mol. The van der Waals surface area contributed by atoms with Gasteiger partial charge in [-0.15, -0.1) is 0 Å². The second-order valence-corrected chi connectivity index (χ2v) is 8.07. The van der Waals surface area contributed by atoms with E-state index < -0.39 is 33.6 Å². The lowest BCUT2D eigenvalue weighted by Crippen LogP contribution is -2.43. The van der Waals surface area contributed by atoms with Gasteiger partial charge in [-0.1, -0.05) is 6.07 Å². The number of anilines is 1. The van der Waals surface area contributed by atoms with Gasteiger partial charge < -0.3 is 5.32 Å². The van der Waals surface area contributed by atoms with Gasteiger partial charge >= 0.3 is 0 Å². The van der Waals surface area contributed by atoms with Gasteiger partial charge in [-0.05, 0) is 61.7 Å². The predicted octanol–water partition coefficient (Wildman–Crippen LogP) is 3.07. The van der Waals surface area contributed by atoms with Gasteiger partial charge in [0.15, 0.2) is 0 Å². The number of aryl methyl sites for hydroxylation is 1. The van der Waals surface area contributed by atoms with Crippen molar-refractivity contribution in [1.82, 2.24) is 4.31 Å². The Morgan fingerprint density at radius 2 is 1.85 bits per heavy atom. The molecule has 8 heteroatoms. The summed E-state index contributed by atoms with van der Waals surface area (Å²) in [5.74, 6) is -1.51. The molecule has 0 saturated carbocycles.